The molecule has 0 radical (unpaired) electrons. The van der Waals surface area contributed by atoms with Crippen molar-refractivity contribution in [3.63, 3.8) is 0 Å². The van der Waals surface area contributed by atoms with E-state index in [0.717, 1.165) is 22.0 Å². The van der Waals surface area contributed by atoms with Crippen LogP contribution in [0.2, 0.25) is 0 Å². The van der Waals surface area contributed by atoms with E-state index in [1.54, 1.807) is 26.6 Å². The average molecular weight is 541 g/mol. The summed E-state index contributed by atoms with van der Waals surface area (Å²) >= 11 is 3.52. The molecule has 184 valence electrons. The maximum Gasteiger partial charge on any atom is 0.207 e. The molecule has 1 aliphatic carbocycles. The SMILES string of the molecule is COCCNC=O.COc1cncc2c1C1(O)CCC(c3ccccc3)C1(c1ccc(Br)cc1)O2. The van der Waals surface area contributed by atoms with Crippen LogP contribution in [0.5, 0.6) is 11.5 Å². The molecular weight excluding hydrogens is 512 g/mol. The third-order valence-electron chi connectivity index (χ3n) is 6.69. The van der Waals surface area contributed by atoms with Crippen molar-refractivity contribution in [2.24, 2.45) is 0 Å². The van der Waals surface area contributed by atoms with Crippen molar-refractivity contribution < 1.29 is 24.1 Å². The normalized spacial score (nSPS) is 23.8. The van der Waals surface area contributed by atoms with Crippen molar-refractivity contribution in [1.29, 1.82) is 0 Å². The molecule has 1 aromatic heterocycles. The molecule has 3 aromatic rings. The highest BCUT2D eigenvalue weighted by molar-refractivity contribution is 9.10. The highest BCUT2D eigenvalue weighted by Gasteiger charge is 2.69. The average Bonchev–Trinajstić information content (AvgIpc) is 3.32. The van der Waals surface area contributed by atoms with Gasteiger partial charge in [-0.25, -0.2) is 0 Å². The number of amides is 1. The van der Waals surface area contributed by atoms with Crippen molar-refractivity contribution in [3.8, 4) is 11.5 Å². The van der Waals surface area contributed by atoms with E-state index in [9.17, 15) is 9.90 Å². The Bertz CT molecular complexity index is 1140. The molecular formula is C27H29BrN2O5. The van der Waals surface area contributed by atoms with Crippen LogP contribution in [-0.2, 0) is 20.7 Å². The summed E-state index contributed by atoms with van der Waals surface area (Å²) in [5.74, 6) is 1.15. The molecule has 3 atom stereocenters. The fraction of sp³-hybridized carbons (Fsp3) is 0.333. The number of aliphatic hydroxyl groups is 1. The van der Waals surface area contributed by atoms with Crippen LogP contribution in [0, 0.1) is 0 Å². The summed E-state index contributed by atoms with van der Waals surface area (Å²) in [6.45, 7) is 1.18. The number of pyridine rings is 1. The molecule has 5 rings (SSSR count). The van der Waals surface area contributed by atoms with Gasteiger partial charge in [-0.1, -0.05) is 58.4 Å². The van der Waals surface area contributed by atoms with Gasteiger partial charge < -0.3 is 24.6 Å². The first kappa shape index (κ1) is 25.2. The van der Waals surface area contributed by atoms with Gasteiger partial charge in [0.25, 0.3) is 0 Å². The zero-order valence-corrected chi connectivity index (χ0v) is 21.3. The van der Waals surface area contributed by atoms with Gasteiger partial charge in [0.1, 0.15) is 17.1 Å². The van der Waals surface area contributed by atoms with Crippen LogP contribution < -0.4 is 14.8 Å². The fourth-order valence-electron chi connectivity index (χ4n) is 5.24. The smallest absolute Gasteiger partial charge is 0.207 e. The number of nitrogens with zero attached hydrogens (tertiary/aromatic N) is 1. The number of hydrogen-bond donors (Lipinski definition) is 2. The Balaban J connectivity index is 0.000000364. The summed E-state index contributed by atoms with van der Waals surface area (Å²) in [6.07, 6.45) is 5.36. The lowest BCUT2D eigenvalue weighted by Gasteiger charge is -2.40. The van der Waals surface area contributed by atoms with E-state index in [0.29, 0.717) is 43.0 Å². The van der Waals surface area contributed by atoms with E-state index in [4.69, 9.17) is 9.47 Å². The van der Waals surface area contributed by atoms with Crippen molar-refractivity contribution in [2.75, 3.05) is 27.4 Å². The molecule has 2 N–H and O–H groups in total. The zero-order valence-electron chi connectivity index (χ0n) is 19.7. The van der Waals surface area contributed by atoms with Gasteiger partial charge in [-0.15, -0.1) is 0 Å². The first-order valence-electron chi connectivity index (χ1n) is 11.4. The van der Waals surface area contributed by atoms with E-state index in [1.165, 1.54) is 0 Å². The molecule has 2 heterocycles. The van der Waals surface area contributed by atoms with Crippen LogP contribution in [0.15, 0.2) is 71.5 Å². The Kier molecular flexibility index (Phi) is 7.74. The third kappa shape index (κ3) is 4.42. The first-order valence-corrected chi connectivity index (χ1v) is 12.2. The highest BCUT2D eigenvalue weighted by Crippen LogP contribution is 2.67. The number of methoxy groups -OCH3 is 2. The van der Waals surface area contributed by atoms with Gasteiger partial charge in [0.05, 0.1) is 31.7 Å². The maximum absolute atomic E-state index is 12.2. The lowest BCUT2D eigenvalue weighted by Crippen LogP contribution is -2.48. The lowest BCUT2D eigenvalue weighted by atomic mass is 9.72. The Labute approximate surface area is 213 Å². The number of rotatable bonds is 7. The molecule has 2 aromatic carbocycles. The predicted octanol–water partition coefficient (Wildman–Crippen LogP) is 4.28. The number of benzene rings is 2. The predicted molar refractivity (Wildman–Crippen MR) is 135 cm³/mol. The fourth-order valence-corrected chi connectivity index (χ4v) is 5.50. The number of ether oxygens (including phenoxy) is 3. The van der Waals surface area contributed by atoms with Crippen molar-refractivity contribution >= 4 is 22.3 Å². The summed E-state index contributed by atoms with van der Waals surface area (Å²) < 4.78 is 17.8. The summed E-state index contributed by atoms with van der Waals surface area (Å²) in [7, 11) is 3.19. The van der Waals surface area contributed by atoms with E-state index >= 15 is 0 Å². The highest BCUT2D eigenvalue weighted by atomic mass is 79.9. The van der Waals surface area contributed by atoms with Crippen LogP contribution in [0.3, 0.4) is 0 Å². The monoisotopic (exact) mass is 540 g/mol. The molecule has 3 unspecified atom stereocenters. The molecule has 0 saturated heterocycles. The Morgan fingerprint density at radius 1 is 1.17 bits per heavy atom. The van der Waals surface area contributed by atoms with Crippen LogP contribution in [-0.4, -0.2) is 43.9 Å². The lowest BCUT2D eigenvalue weighted by molar-refractivity contribution is -0.109. The molecule has 8 heteroatoms. The summed E-state index contributed by atoms with van der Waals surface area (Å²) in [6, 6.07) is 18.3. The first-order chi connectivity index (χ1) is 17.0. The number of halogens is 1. The van der Waals surface area contributed by atoms with Crippen molar-refractivity contribution in [1.82, 2.24) is 10.3 Å². The van der Waals surface area contributed by atoms with Crippen molar-refractivity contribution in [2.45, 2.75) is 30.0 Å². The molecule has 0 spiro atoms. The quantitative estimate of drug-likeness (QED) is 0.343. The zero-order chi connectivity index (χ0) is 24.9. The molecule has 1 saturated carbocycles. The molecule has 7 nitrogen and oxygen atoms in total. The number of aromatic nitrogens is 1. The second-order valence-electron chi connectivity index (χ2n) is 8.49. The Hall–Kier alpha value is -2.94. The molecule has 2 aliphatic rings. The van der Waals surface area contributed by atoms with E-state index in [2.05, 4.69) is 43.1 Å². The number of fused-ring (bicyclic) bond motifs is 3. The minimum absolute atomic E-state index is 0.00279. The number of nitrogens with one attached hydrogen (secondary N) is 1. The van der Waals surface area contributed by atoms with Gasteiger partial charge in [-0.3, -0.25) is 9.78 Å². The van der Waals surface area contributed by atoms with Gasteiger partial charge in [0.2, 0.25) is 6.41 Å². The van der Waals surface area contributed by atoms with E-state index in [-0.39, 0.29) is 5.92 Å². The third-order valence-corrected chi connectivity index (χ3v) is 7.22. The second-order valence-corrected chi connectivity index (χ2v) is 9.40. The topological polar surface area (TPSA) is 89.9 Å². The number of hydrogen-bond acceptors (Lipinski definition) is 6. The summed E-state index contributed by atoms with van der Waals surface area (Å²) in [4.78, 5) is 13.8. The number of carbonyl (C=O) groups excluding carboxylic acids is 1. The molecule has 1 amide bonds. The van der Waals surface area contributed by atoms with Crippen LogP contribution in [0.25, 0.3) is 0 Å². The molecule has 1 aliphatic heterocycles. The van der Waals surface area contributed by atoms with Crippen LogP contribution in [0.4, 0.5) is 0 Å². The van der Waals surface area contributed by atoms with E-state index in [1.807, 2.05) is 42.5 Å². The maximum atomic E-state index is 12.2. The Morgan fingerprint density at radius 2 is 1.91 bits per heavy atom. The largest absolute Gasteiger partial charge is 0.495 e. The molecule has 1 fully saturated rings. The minimum atomic E-state index is -1.20. The van der Waals surface area contributed by atoms with Crippen LogP contribution in [0.1, 0.15) is 35.4 Å². The number of carbonyl (C=O) groups is 1. The van der Waals surface area contributed by atoms with Gasteiger partial charge in [-0.05, 0) is 36.1 Å². The standard InChI is InChI=1S/C23H20BrNO3.C4H9NO2/c1-27-19-13-25-14-20-21(19)22(26)12-11-18(15-5-3-2-4-6-15)23(22,28-20)16-7-9-17(24)10-8-16;1-7-3-2-5-4-6/h2-10,13-14,18,26H,11-12H2,1H3;4H,2-3H2,1H3,(H,5,6). The van der Waals surface area contributed by atoms with Crippen molar-refractivity contribution in [3.05, 3.63) is 88.2 Å². The van der Waals surface area contributed by atoms with Gasteiger partial charge in [-0.2, -0.15) is 0 Å². The minimum Gasteiger partial charge on any atom is -0.495 e. The summed E-state index contributed by atoms with van der Waals surface area (Å²) in [5.41, 5.74) is 0.661. The van der Waals surface area contributed by atoms with Gasteiger partial charge >= 0.3 is 0 Å². The van der Waals surface area contributed by atoms with Gasteiger partial charge in [0.15, 0.2) is 5.60 Å². The van der Waals surface area contributed by atoms with Crippen LogP contribution >= 0.6 is 15.9 Å². The van der Waals surface area contributed by atoms with E-state index < -0.39 is 11.2 Å². The summed E-state index contributed by atoms with van der Waals surface area (Å²) in [5, 5.41) is 14.6. The molecule has 35 heavy (non-hydrogen) atoms. The second kappa shape index (κ2) is 10.8. The van der Waals surface area contributed by atoms with Gasteiger partial charge in [0, 0.05) is 24.0 Å². The molecule has 0 bridgehead atoms. The Morgan fingerprint density at radius 3 is 2.57 bits per heavy atom.